The largest absolute Gasteiger partial charge is 0.341 e. The standard InChI is InChI=1S/C26H29N5OS/c1-20-14-21(2)16-24(15-20)31-11-8-28-26(31)33-19-25(32)30-10-3-9-29(12-13-30)18-23-6-4-22(17-27)5-7-23/h4-8,11,14-16H,3,9-10,12-13,18-19H2,1-2H3. The molecule has 1 amide bonds. The first kappa shape index (κ1) is 23.1. The second-order valence-electron chi connectivity index (χ2n) is 8.53. The highest BCUT2D eigenvalue weighted by Gasteiger charge is 2.20. The molecule has 1 aromatic heterocycles. The van der Waals surface area contributed by atoms with E-state index in [1.54, 1.807) is 6.20 Å². The van der Waals surface area contributed by atoms with Crippen LogP contribution in [0.15, 0.2) is 60.0 Å². The Bertz CT molecular complexity index is 1130. The summed E-state index contributed by atoms with van der Waals surface area (Å²) < 4.78 is 2.06. The van der Waals surface area contributed by atoms with Crippen molar-refractivity contribution in [1.29, 1.82) is 5.26 Å². The zero-order chi connectivity index (χ0) is 23.2. The lowest BCUT2D eigenvalue weighted by molar-refractivity contribution is -0.128. The van der Waals surface area contributed by atoms with E-state index in [2.05, 4.69) is 52.6 Å². The molecule has 0 N–H and O–H groups in total. The fourth-order valence-corrected chi connectivity index (χ4v) is 5.10. The van der Waals surface area contributed by atoms with E-state index in [0.717, 1.165) is 50.0 Å². The van der Waals surface area contributed by atoms with Crippen LogP contribution in [0.4, 0.5) is 0 Å². The van der Waals surface area contributed by atoms with Crippen LogP contribution in [0.2, 0.25) is 0 Å². The maximum atomic E-state index is 13.0. The van der Waals surface area contributed by atoms with Crippen molar-refractivity contribution < 1.29 is 4.79 Å². The zero-order valence-electron chi connectivity index (χ0n) is 19.2. The Morgan fingerprint density at radius 3 is 2.55 bits per heavy atom. The Morgan fingerprint density at radius 1 is 1.06 bits per heavy atom. The molecule has 0 aliphatic carbocycles. The van der Waals surface area contributed by atoms with Gasteiger partial charge in [0.1, 0.15) is 0 Å². The molecule has 7 heteroatoms. The molecule has 0 saturated carbocycles. The molecule has 170 valence electrons. The summed E-state index contributed by atoms with van der Waals surface area (Å²) >= 11 is 1.50. The number of carbonyl (C=O) groups excluding carboxylic acids is 1. The Labute approximate surface area is 199 Å². The van der Waals surface area contributed by atoms with Crippen LogP contribution in [-0.4, -0.2) is 57.2 Å². The van der Waals surface area contributed by atoms with Gasteiger partial charge in [0, 0.05) is 50.8 Å². The number of nitrogens with zero attached hydrogens (tertiary/aromatic N) is 5. The van der Waals surface area contributed by atoms with Crippen LogP contribution in [0, 0.1) is 25.2 Å². The predicted octanol–water partition coefficient (Wildman–Crippen LogP) is 4.19. The number of aromatic nitrogens is 2. The summed E-state index contributed by atoms with van der Waals surface area (Å²) in [4.78, 5) is 21.8. The quantitative estimate of drug-likeness (QED) is 0.517. The molecule has 4 rings (SSSR count). The molecule has 0 atom stereocenters. The molecular formula is C26H29N5OS. The van der Waals surface area contributed by atoms with Crippen LogP contribution in [0.25, 0.3) is 5.69 Å². The Kier molecular flexibility index (Phi) is 7.48. The van der Waals surface area contributed by atoms with Gasteiger partial charge >= 0.3 is 0 Å². The number of rotatable bonds is 6. The first-order valence-corrected chi connectivity index (χ1v) is 12.2. The molecule has 1 aliphatic heterocycles. The van der Waals surface area contributed by atoms with E-state index in [1.165, 1.54) is 28.5 Å². The van der Waals surface area contributed by atoms with Gasteiger partial charge in [-0.3, -0.25) is 14.3 Å². The highest BCUT2D eigenvalue weighted by atomic mass is 32.2. The lowest BCUT2D eigenvalue weighted by Crippen LogP contribution is -2.36. The van der Waals surface area contributed by atoms with Gasteiger partial charge in [-0.1, -0.05) is 30.0 Å². The highest BCUT2D eigenvalue weighted by molar-refractivity contribution is 7.99. The van der Waals surface area contributed by atoms with E-state index < -0.39 is 0 Å². The summed E-state index contributed by atoms with van der Waals surface area (Å²) in [6.07, 6.45) is 4.70. The van der Waals surface area contributed by atoms with E-state index >= 15 is 0 Å². The molecule has 0 spiro atoms. The van der Waals surface area contributed by atoms with Crippen LogP contribution in [0.5, 0.6) is 0 Å². The number of amides is 1. The van der Waals surface area contributed by atoms with Crippen LogP contribution in [0.3, 0.4) is 0 Å². The molecular weight excluding hydrogens is 430 g/mol. The third kappa shape index (κ3) is 6.04. The fourth-order valence-electron chi connectivity index (χ4n) is 4.22. The van der Waals surface area contributed by atoms with Gasteiger partial charge in [0.15, 0.2) is 5.16 Å². The van der Waals surface area contributed by atoms with Gasteiger partial charge in [0.2, 0.25) is 5.91 Å². The van der Waals surface area contributed by atoms with E-state index in [-0.39, 0.29) is 5.91 Å². The average Bonchev–Trinajstić information content (AvgIpc) is 3.16. The minimum atomic E-state index is 0.162. The average molecular weight is 460 g/mol. The first-order valence-electron chi connectivity index (χ1n) is 11.3. The summed E-state index contributed by atoms with van der Waals surface area (Å²) in [6, 6.07) is 16.3. The Balaban J connectivity index is 1.32. The summed E-state index contributed by atoms with van der Waals surface area (Å²) in [5.41, 5.74) is 5.37. The van der Waals surface area contributed by atoms with Gasteiger partial charge in [-0.05, 0) is 61.2 Å². The van der Waals surface area contributed by atoms with Crippen molar-refractivity contribution in [1.82, 2.24) is 19.4 Å². The monoisotopic (exact) mass is 459 g/mol. The Morgan fingerprint density at radius 2 is 1.82 bits per heavy atom. The first-order chi connectivity index (χ1) is 16.0. The number of imidazole rings is 1. The predicted molar refractivity (Wildman–Crippen MR) is 131 cm³/mol. The number of thioether (sulfide) groups is 1. The third-order valence-corrected chi connectivity index (χ3v) is 6.80. The van der Waals surface area contributed by atoms with Crippen LogP contribution >= 0.6 is 11.8 Å². The SMILES string of the molecule is Cc1cc(C)cc(-n2ccnc2SCC(=O)N2CCCN(Cc3ccc(C#N)cc3)CC2)c1. The molecule has 2 aromatic carbocycles. The van der Waals surface area contributed by atoms with Gasteiger partial charge in [0.25, 0.3) is 0 Å². The molecule has 1 fully saturated rings. The van der Waals surface area contributed by atoms with E-state index in [9.17, 15) is 4.79 Å². The van der Waals surface area contributed by atoms with Crippen LogP contribution in [0.1, 0.15) is 28.7 Å². The number of hydrogen-bond donors (Lipinski definition) is 0. The minimum Gasteiger partial charge on any atom is -0.341 e. The van der Waals surface area contributed by atoms with Crippen molar-refractivity contribution in [2.45, 2.75) is 32.0 Å². The number of carbonyl (C=O) groups is 1. The van der Waals surface area contributed by atoms with Gasteiger partial charge in [0.05, 0.1) is 17.4 Å². The second kappa shape index (κ2) is 10.7. The lowest BCUT2D eigenvalue weighted by Gasteiger charge is -2.22. The molecule has 1 aliphatic rings. The van der Waals surface area contributed by atoms with Gasteiger partial charge in [-0.2, -0.15) is 5.26 Å². The van der Waals surface area contributed by atoms with E-state index in [0.29, 0.717) is 11.3 Å². The molecule has 0 unspecified atom stereocenters. The lowest BCUT2D eigenvalue weighted by atomic mass is 10.1. The number of aryl methyl sites for hydroxylation is 2. The van der Waals surface area contributed by atoms with E-state index in [4.69, 9.17) is 5.26 Å². The van der Waals surface area contributed by atoms with Gasteiger partial charge in [-0.15, -0.1) is 0 Å². The summed E-state index contributed by atoms with van der Waals surface area (Å²) in [6.45, 7) is 8.37. The smallest absolute Gasteiger partial charge is 0.233 e. The molecule has 2 heterocycles. The molecule has 1 saturated heterocycles. The van der Waals surface area contributed by atoms with Crippen molar-refractivity contribution in [3.8, 4) is 11.8 Å². The summed E-state index contributed by atoms with van der Waals surface area (Å²) in [5, 5.41) is 9.80. The topological polar surface area (TPSA) is 65.2 Å². The van der Waals surface area contributed by atoms with Crippen molar-refractivity contribution in [2.24, 2.45) is 0 Å². The minimum absolute atomic E-state index is 0.162. The summed E-state index contributed by atoms with van der Waals surface area (Å²) in [7, 11) is 0. The van der Waals surface area contributed by atoms with Crippen molar-refractivity contribution in [2.75, 3.05) is 31.9 Å². The fraction of sp³-hybridized carbons (Fsp3) is 0.346. The van der Waals surface area contributed by atoms with E-state index in [1.807, 2.05) is 35.4 Å². The van der Waals surface area contributed by atoms with Crippen molar-refractivity contribution >= 4 is 17.7 Å². The molecule has 3 aromatic rings. The number of hydrogen-bond acceptors (Lipinski definition) is 5. The van der Waals surface area contributed by atoms with Gasteiger partial charge in [-0.25, -0.2) is 4.98 Å². The van der Waals surface area contributed by atoms with Crippen molar-refractivity contribution in [3.63, 3.8) is 0 Å². The van der Waals surface area contributed by atoms with Crippen LogP contribution in [-0.2, 0) is 11.3 Å². The zero-order valence-corrected chi connectivity index (χ0v) is 20.0. The maximum Gasteiger partial charge on any atom is 0.233 e. The van der Waals surface area contributed by atoms with Crippen LogP contribution < -0.4 is 0 Å². The van der Waals surface area contributed by atoms with Crippen molar-refractivity contribution in [3.05, 3.63) is 77.1 Å². The van der Waals surface area contributed by atoms with Gasteiger partial charge < -0.3 is 4.90 Å². The Hall–Kier alpha value is -3.08. The maximum absolute atomic E-state index is 13.0. The number of benzene rings is 2. The highest BCUT2D eigenvalue weighted by Crippen LogP contribution is 2.23. The third-order valence-electron chi connectivity index (χ3n) is 5.85. The number of nitriles is 1. The normalized spacial score (nSPS) is 14.6. The second-order valence-corrected chi connectivity index (χ2v) is 9.48. The molecule has 6 nitrogen and oxygen atoms in total. The molecule has 0 radical (unpaired) electrons. The molecule has 0 bridgehead atoms. The molecule has 33 heavy (non-hydrogen) atoms. The summed E-state index contributed by atoms with van der Waals surface area (Å²) in [5.74, 6) is 0.549.